The fourth-order valence-corrected chi connectivity index (χ4v) is 1.69. The van der Waals surface area contributed by atoms with E-state index in [9.17, 15) is 13.2 Å². The zero-order chi connectivity index (χ0) is 11.9. The van der Waals surface area contributed by atoms with Crippen molar-refractivity contribution in [1.82, 2.24) is 4.72 Å². The summed E-state index contributed by atoms with van der Waals surface area (Å²) in [5, 5.41) is 13.2. The molecule has 0 aromatic carbocycles. The summed E-state index contributed by atoms with van der Waals surface area (Å²) in [4.78, 5) is 10.3. The van der Waals surface area contributed by atoms with Crippen molar-refractivity contribution in [3.8, 4) is 0 Å². The predicted molar refractivity (Wildman–Crippen MR) is 56.4 cm³/mol. The van der Waals surface area contributed by atoms with Crippen LogP contribution in [0, 0.1) is 5.92 Å². The van der Waals surface area contributed by atoms with Crippen molar-refractivity contribution in [2.24, 2.45) is 11.1 Å². The first kappa shape index (κ1) is 14.3. The van der Waals surface area contributed by atoms with E-state index in [1.165, 1.54) is 0 Å². The first-order valence-electron chi connectivity index (χ1n) is 4.84. The van der Waals surface area contributed by atoms with Crippen molar-refractivity contribution < 1.29 is 18.3 Å². The highest BCUT2D eigenvalue weighted by molar-refractivity contribution is 7.87. The molecule has 90 valence electrons. The van der Waals surface area contributed by atoms with E-state index in [-0.39, 0.29) is 18.9 Å². The van der Waals surface area contributed by atoms with Gasteiger partial charge >= 0.3 is 5.97 Å². The van der Waals surface area contributed by atoms with Gasteiger partial charge in [0.1, 0.15) is 0 Å². The van der Waals surface area contributed by atoms with E-state index in [0.29, 0.717) is 12.8 Å². The number of nitrogens with one attached hydrogen (secondary N) is 1. The highest BCUT2D eigenvalue weighted by Crippen LogP contribution is 2.14. The van der Waals surface area contributed by atoms with Gasteiger partial charge in [-0.05, 0) is 18.8 Å². The van der Waals surface area contributed by atoms with E-state index in [1.54, 1.807) is 0 Å². The maximum atomic E-state index is 10.5. The Labute approximate surface area is 90.0 Å². The topological polar surface area (TPSA) is 109 Å². The van der Waals surface area contributed by atoms with Gasteiger partial charge in [-0.3, -0.25) is 4.79 Å². The Kier molecular flexibility index (Phi) is 6.46. The predicted octanol–water partition coefficient (Wildman–Crippen LogP) is 0.0606. The number of nitrogens with two attached hydrogens (primary N) is 1. The molecule has 0 aliphatic rings. The molecular formula is C8H18N2O4S. The lowest BCUT2D eigenvalue weighted by molar-refractivity contribution is -0.137. The Bertz CT molecular complexity index is 289. The molecule has 15 heavy (non-hydrogen) atoms. The molecule has 4 N–H and O–H groups in total. The van der Waals surface area contributed by atoms with Gasteiger partial charge in [0, 0.05) is 13.0 Å². The Morgan fingerprint density at radius 1 is 1.47 bits per heavy atom. The second-order valence-electron chi connectivity index (χ2n) is 3.43. The van der Waals surface area contributed by atoms with Gasteiger partial charge in [-0.1, -0.05) is 13.3 Å². The van der Waals surface area contributed by atoms with Crippen molar-refractivity contribution in [2.45, 2.75) is 32.6 Å². The second-order valence-corrected chi connectivity index (χ2v) is 4.81. The lowest BCUT2D eigenvalue weighted by atomic mass is 9.97. The van der Waals surface area contributed by atoms with Crippen LogP contribution in [-0.4, -0.2) is 26.0 Å². The van der Waals surface area contributed by atoms with Crippen LogP contribution in [-0.2, 0) is 15.0 Å². The van der Waals surface area contributed by atoms with Crippen LogP contribution < -0.4 is 9.86 Å². The second kappa shape index (κ2) is 6.76. The fourth-order valence-electron chi connectivity index (χ4n) is 1.29. The minimum Gasteiger partial charge on any atom is -0.481 e. The maximum absolute atomic E-state index is 10.5. The highest BCUT2D eigenvalue weighted by atomic mass is 32.2. The van der Waals surface area contributed by atoms with Gasteiger partial charge in [-0.2, -0.15) is 8.42 Å². The minimum absolute atomic E-state index is 0.119. The normalized spacial score (nSPS) is 13.7. The van der Waals surface area contributed by atoms with E-state index < -0.39 is 16.2 Å². The molecule has 7 heteroatoms. The van der Waals surface area contributed by atoms with Crippen LogP contribution in [0.15, 0.2) is 0 Å². The number of aliphatic carboxylic acids is 1. The van der Waals surface area contributed by atoms with E-state index in [0.717, 1.165) is 6.42 Å². The van der Waals surface area contributed by atoms with Crippen LogP contribution in [0.1, 0.15) is 32.6 Å². The number of carbonyl (C=O) groups is 1. The molecule has 0 aromatic rings. The Hall–Kier alpha value is -0.660. The molecule has 1 unspecified atom stereocenters. The summed E-state index contributed by atoms with van der Waals surface area (Å²) >= 11 is 0. The van der Waals surface area contributed by atoms with Crippen LogP contribution in [0.5, 0.6) is 0 Å². The number of hydrogen-bond donors (Lipinski definition) is 3. The van der Waals surface area contributed by atoms with Gasteiger partial charge in [-0.15, -0.1) is 0 Å². The summed E-state index contributed by atoms with van der Waals surface area (Å²) in [5.74, 6) is -0.608. The van der Waals surface area contributed by atoms with E-state index in [4.69, 9.17) is 10.2 Å². The summed E-state index contributed by atoms with van der Waals surface area (Å²) in [7, 11) is -3.63. The van der Waals surface area contributed by atoms with Crippen molar-refractivity contribution in [2.75, 3.05) is 6.54 Å². The minimum atomic E-state index is -3.63. The largest absolute Gasteiger partial charge is 0.481 e. The van der Waals surface area contributed by atoms with Crippen molar-refractivity contribution in [1.29, 1.82) is 0 Å². The average Bonchev–Trinajstić information content (AvgIpc) is 2.08. The lowest BCUT2D eigenvalue weighted by Crippen LogP contribution is -2.32. The maximum Gasteiger partial charge on any atom is 0.303 e. The molecular weight excluding hydrogens is 220 g/mol. The van der Waals surface area contributed by atoms with E-state index in [2.05, 4.69) is 4.72 Å². The van der Waals surface area contributed by atoms with Crippen LogP contribution in [0.25, 0.3) is 0 Å². The first-order chi connectivity index (χ1) is 6.85. The standard InChI is InChI=1S/C8H18N2O4S/c1-2-7(3-4-8(11)12)5-6-10-15(9,13)14/h7,10H,2-6H2,1H3,(H,11,12)(H2,9,13,14). The molecule has 0 amide bonds. The van der Waals surface area contributed by atoms with Gasteiger partial charge in [0.25, 0.3) is 10.2 Å². The van der Waals surface area contributed by atoms with E-state index in [1.807, 2.05) is 6.92 Å². The zero-order valence-electron chi connectivity index (χ0n) is 8.77. The Morgan fingerprint density at radius 2 is 2.07 bits per heavy atom. The van der Waals surface area contributed by atoms with Crippen LogP contribution in [0.4, 0.5) is 0 Å². The molecule has 0 fully saturated rings. The summed E-state index contributed by atoms with van der Waals surface area (Å²) in [6.07, 6.45) is 2.13. The molecule has 0 saturated heterocycles. The SMILES string of the molecule is CCC(CCNS(N)(=O)=O)CCC(=O)O. The third-order valence-corrected chi connectivity index (χ3v) is 2.81. The molecule has 0 radical (unpaired) electrons. The number of rotatable bonds is 8. The highest BCUT2D eigenvalue weighted by Gasteiger charge is 2.09. The molecule has 0 saturated carbocycles. The molecule has 0 spiro atoms. The first-order valence-corrected chi connectivity index (χ1v) is 6.39. The van der Waals surface area contributed by atoms with Gasteiger partial charge in [0.15, 0.2) is 0 Å². The van der Waals surface area contributed by atoms with Gasteiger partial charge in [0.05, 0.1) is 0 Å². The molecule has 0 aliphatic carbocycles. The third-order valence-electron chi connectivity index (χ3n) is 2.20. The van der Waals surface area contributed by atoms with Crippen molar-refractivity contribution in [3.05, 3.63) is 0 Å². The van der Waals surface area contributed by atoms with Crippen LogP contribution in [0.3, 0.4) is 0 Å². The molecule has 0 aliphatic heterocycles. The Morgan fingerprint density at radius 3 is 2.47 bits per heavy atom. The smallest absolute Gasteiger partial charge is 0.303 e. The molecule has 0 aromatic heterocycles. The summed E-state index contributed by atoms with van der Waals surface area (Å²) in [6.45, 7) is 2.21. The molecule has 0 rings (SSSR count). The van der Waals surface area contributed by atoms with E-state index >= 15 is 0 Å². The summed E-state index contributed by atoms with van der Waals surface area (Å²) < 4.78 is 23.3. The monoisotopic (exact) mass is 238 g/mol. The van der Waals surface area contributed by atoms with Gasteiger partial charge in [0.2, 0.25) is 0 Å². The van der Waals surface area contributed by atoms with Crippen LogP contribution >= 0.6 is 0 Å². The van der Waals surface area contributed by atoms with Gasteiger partial charge in [-0.25, -0.2) is 9.86 Å². The molecule has 0 heterocycles. The number of carboxylic acids is 1. The zero-order valence-corrected chi connectivity index (χ0v) is 9.59. The van der Waals surface area contributed by atoms with Crippen LogP contribution in [0.2, 0.25) is 0 Å². The molecule has 0 bridgehead atoms. The fraction of sp³-hybridized carbons (Fsp3) is 0.875. The van der Waals surface area contributed by atoms with Gasteiger partial charge < -0.3 is 5.11 Å². The summed E-state index contributed by atoms with van der Waals surface area (Å²) in [5.41, 5.74) is 0. The van der Waals surface area contributed by atoms with Crippen molar-refractivity contribution >= 4 is 16.2 Å². The lowest BCUT2D eigenvalue weighted by Gasteiger charge is -2.13. The summed E-state index contributed by atoms with van der Waals surface area (Å²) in [6, 6.07) is 0. The molecule has 1 atom stereocenters. The molecule has 6 nitrogen and oxygen atoms in total. The average molecular weight is 238 g/mol. The Balaban J connectivity index is 3.75. The van der Waals surface area contributed by atoms with Crippen molar-refractivity contribution in [3.63, 3.8) is 0 Å². The quantitative estimate of drug-likeness (QED) is 0.555. The number of hydrogen-bond acceptors (Lipinski definition) is 3. The number of carboxylic acid groups (broad SMARTS) is 1. The third kappa shape index (κ3) is 9.64.